The Morgan fingerprint density at radius 2 is 1.45 bits per heavy atom. The molecule has 4 rings (SSSR count). The number of Topliss-reactive ketones (excluding diaryl/α,β-unsaturated/α-hetero) is 3. The molecular formula is C27H29BrO5. The second kappa shape index (κ2) is 8.39. The van der Waals surface area contributed by atoms with Crippen molar-refractivity contribution >= 4 is 33.3 Å². The summed E-state index contributed by atoms with van der Waals surface area (Å²) in [7, 11) is 0. The van der Waals surface area contributed by atoms with E-state index in [1.807, 2.05) is 52.0 Å². The Kier molecular flexibility index (Phi) is 6.02. The topological polar surface area (TPSA) is 84.6 Å². The van der Waals surface area contributed by atoms with Crippen LogP contribution in [0.1, 0.15) is 65.1 Å². The first-order valence-electron chi connectivity index (χ1n) is 11.2. The van der Waals surface area contributed by atoms with Gasteiger partial charge in [0.15, 0.2) is 5.78 Å². The van der Waals surface area contributed by atoms with Gasteiger partial charge in [0.1, 0.15) is 28.8 Å². The van der Waals surface area contributed by atoms with Gasteiger partial charge in [-0.1, -0.05) is 55.8 Å². The molecule has 1 atom stereocenters. The molecule has 1 aromatic heterocycles. The summed E-state index contributed by atoms with van der Waals surface area (Å²) in [4.78, 5) is 39.7. The highest BCUT2D eigenvalue weighted by Crippen LogP contribution is 2.48. The molecule has 0 bridgehead atoms. The third kappa shape index (κ3) is 4.77. The van der Waals surface area contributed by atoms with Gasteiger partial charge in [-0.15, -0.1) is 0 Å². The lowest BCUT2D eigenvalue weighted by Crippen LogP contribution is -2.43. The fourth-order valence-corrected chi connectivity index (χ4v) is 5.46. The van der Waals surface area contributed by atoms with Crippen molar-refractivity contribution < 1.29 is 23.9 Å². The average Bonchev–Trinajstić information content (AvgIpc) is 3.14. The molecule has 1 fully saturated rings. The van der Waals surface area contributed by atoms with E-state index in [4.69, 9.17) is 4.42 Å². The minimum absolute atomic E-state index is 0.0479. The van der Waals surface area contributed by atoms with E-state index in [1.54, 1.807) is 12.1 Å². The van der Waals surface area contributed by atoms with Gasteiger partial charge < -0.3 is 9.52 Å². The van der Waals surface area contributed by atoms with E-state index in [2.05, 4.69) is 15.9 Å². The fourth-order valence-electron chi connectivity index (χ4n) is 5.19. The first-order valence-corrected chi connectivity index (χ1v) is 12.0. The Morgan fingerprint density at radius 3 is 2.03 bits per heavy atom. The highest BCUT2D eigenvalue weighted by molar-refractivity contribution is 9.10. The van der Waals surface area contributed by atoms with Gasteiger partial charge in [0, 0.05) is 41.3 Å². The van der Waals surface area contributed by atoms with Gasteiger partial charge in [0.25, 0.3) is 0 Å². The van der Waals surface area contributed by atoms with Gasteiger partial charge in [-0.25, -0.2) is 0 Å². The molecule has 1 heterocycles. The molecule has 0 radical (unpaired) electrons. The standard InChI is InChI=1S/C27H29BrO5/c1-26(2)11-17(29)23(18(30)12-26)25(24-19(31)13-27(3,4)14-20(24)32)22-10-9-21(33-22)15-5-7-16(28)8-6-15/h5-10,23,25,31H,11-14H2,1-4H3/t25-/m0/s1. The quantitative estimate of drug-likeness (QED) is 0.468. The summed E-state index contributed by atoms with van der Waals surface area (Å²) in [6, 6.07) is 11.1. The summed E-state index contributed by atoms with van der Waals surface area (Å²) in [5, 5.41) is 11.0. The molecule has 2 aromatic rings. The number of carbonyl (C=O) groups excluding carboxylic acids is 3. The smallest absolute Gasteiger partial charge is 0.163 e. The summed E-state index contributed by atoms with van der Waals surface area (Å²) < 4.78 is 7.09. The average molecular weight is 513 g/mol. The SMILES string of the molecule is CC1(C)CC(=O)C([C@@H](C2=C(O)CC(C)(C)CC2=O)c2ccc(-c3ccc(Br)cc3)o2)C(=O)C1. The van der Waals surface area contributed by atoms with Crippen molar-refractivity contribution in [3.05, 3.63) is 58.0 Å². The number of halogens is 1. The normalized spacial score (nSPS) is 22.0. The number of allylic oxidation sites excluding steroid dienone is 2. The van der Waals surface area contributed by atoms with E-state index in [0.29, 0.717) is 17.9 Å². The zero-order valence-electron chi connectivity index (χ0n) is 19.4. The minimum Gasteiger partial charge on any atom is -0.512 e. The van der Waals surface area contributed by atoms with Gasteiger partial charge in [-0.05, 0) is 35.1 Å². The van der Waals surface area contributed by atoms with E-state index >= 15 is 0 Å². The van der Waals surface area contributed by atoms with Crippen molar-refractivity contribution in [3.8, 4) is 11.3 Å². The number of hydrogen-bond donors (Lipinski definition) is 1. The van der Waals surface area contributed by atoms with Crippen molar-refractivity contribution in [2.24, 2.45) is 16.7 Å². The first-order chi connectivity index (χ1) is 15.4. The summed E-state index contributed by atoms with van der Waals surface area (Å²) >= 11 is 3.42. The van der Waals surface area contributed by atoms with Crippen molar-refractivity contribution in [1.29, 1.82) is 0 Å². The summed E-state index contributed by atoms with van der Waals surface area (Å²) in [5.41, 5.74) is 0.178. The molecule has 0 unspecified atom stereocenters. The number of aliphatic hydroxyl groups excluding tert-OH is 1. The molecule has 174 valence electrons. The predicted molar refractivity (Wildman–Crippen MR) is 129 cm³/mol. The summed E-state index contributed by atoms with van der Waals surface area (Å²) in [5.74, 6) is -1.73. The van der Waals surface area contributed by atoms with Crippen LogP contribution in [0.3, 0.4) is 0 Å². The summed E-state index contributed by atoms with van der Waals surface area (Å²) in [6.07, 6.45) is 1.04. The van der Waals surface area contributed by atoms with E-state index in [1.165, 1.54) is 0 Å². The van der Waals surface area contributed by atoms with Crippen molar-refractivity contribution in [2.45, 2.75) is 59.3 Å². The Balaban J connectivity index is 1.83. The van der Waals surface area contributed by atoms with Crippen LogP contribution in [0, 0.1) is 16.7 Å². The van der Waals surface area contributed by atoms with Crippen molar-refractivity contribution in [2.75, 3.05) is 0 Å². The highest BCUT2D eigenvalue weighted by atomic mass is 79.9. The predicted octanol–water partition coefficient (Wildman–Crippen LogP) is 6.57. The lowest BCUT2D eigenvalue weighted by atomic mass is 9.63. The van der Waals surface area contributed by atoms with Gasteiger partial charge in [-0.3, -0.25) is 14.4 Å². The van der Waals surface area contributed by atoms with Gasteiger partial charge >= 0.3 is 0 Å². The van der Waals surface area contributed by atoms with Gasteiger partial charge in [0.2, 0.25) is 0 Å². The lowest BCUT2D eigenvalue weighted by Gasteiger charge is -2.38. The molecule has 2 aliphatic carbocycles. The molecule has 1 aromatic carbocycles. The molecule has 2 aliphatic rings. The molecule has 0 spiro atoms. The number of carbonyl (C=O) groups is 3. The maximum atomic E-state index is 13.2. The second-order valence-electron chi connectivity index (χ2n) is 10.9. The molecule has 0 saturated heterocycles. The van der Waals surface area contributed by atoms with Crippen LogP contribution in [0.15, 0.2) is 56.6 Å². The van der Waals surface area contributed by atoms with Crippen molar-refractivity contribution in [3.63, 3.8) is 0 Å². The first kappa shape index (κ1) is 23.7. The number of hydrogen-bond acceptors (Lipinski definition) is 5. The number of aliphatic hydroxyl groups is 1. The van der Waals surface area contributed by atoms with E-state index in [0.717, 1.165) is 10.0 Å². The zero-order valence-corrected chi connectivity index (χ0v) is 21.0. The molecule has 5 nitrogen and oxygen atoms in total. The van der Waals surface area contributed by atoms with E-state index < -0.39 is 17.3 Å². The van der Waals surface area contributed by atoms with Gasteiger partial charge in [0.05, 0.1) is 11.8 Å². The number of furan rings is 1. The maximum absolute atomic E-state index is 13.2. The Bertz CT molecular complexity index is 1130. The van der Waals surface area contributed by atoms with Crippen LogP contribution in [0.5, 0.6) is 0 Å². The number of rotatable bonds is 4. The Labute approximate surface area is 202 Å². The zero-order chi connectivity index (χ0) is 24.1. The molecule has 0 aliphatic heterocycles. The number of ketones is 3. The van der Waals surface area contributed by atoms with Crippen molar-refractivity contribution in [1.82, 2.24) is 0 Å². The molecule has 1 N–H and O–H groups in total. The number of benzene rings is 1. The summed E-state index contributed by atoms with van der Waals surface area (Å²) in [6.45, 7) is 7.64. The minimum atomic E-state index is -1.04. The van der Waals surface area contributed by atoms with Crippen LogP contribution in [-0.4, -0.2) is 22.5 Å². The third-order valence-corrected chi connectivity index (χ3v) is 7.13. The molecular weight excluding hydrogens is 484 g/mol. The Morgan fingerprint density at radius 1 is 0.879 bits per heavy atom. The highest BCUT2D eigenvalue weighted by Gasteiger charge is 2.49. The van der Waals surface area contributed by atoms with E-state index in [9.17, 15) is 19.5 Å². The van der Waals surface area contributed by atoms with Crippen LogP contribution in [0.4, 0.5) is 0 Å². The monoisotopic (exact) mass is 512 g/mol. The Hall–Kier alpha value is -2.47. The van der Waals surface area contributed by atoms with Crippen LogP contribution >= 0.6 is 15.9 Å². The molecule has 33 heavy (non-hydrogen) atoms. The third-order valence-electron chi connectivity index (χ3n) is 6.60. The van der Waals surface area contributed by atoms with E-state index in [-0.39, 0.29) is 53.4 Å². The van der Waals surface area contributed by atoms with Crippen LogP contribution < -0.4 is 0 Å². The van der Waals surface area contributed by atoms with Crippen LogP contribution in [0.2, 0.25) is 0 Å². The second-order valence-corrected chi connectivity index (χ2v) is 11.8. The molecule has 1 saturated carbocycles. The molecule has 0 amide bonds. The fraction of sp³-hybridized carbons (Fsp3) is 0.444. The lowest BCUT2D eigenvalue weighted by molar-refractivity contribution is -0.140. The molecule has 6 heteroatoms. The van der Waals surface area contributed by atoms with Crippen LogP contribution in [-0.2, 0) is 14.4 Å². The van der Waals surface area contributed by atoms with Crippen LogP contribution in [0.25, 0.3) is 11.3 Å². The maximum Gasteiger partial charge on any atom is 0.163 e. The largest absolute Gasteiger partial charge is 0.512 e. The van der Waals surface area contributed by atoms with Gasteiger partial charge in [-0.2, -0.15) is 0 Å².